The molecule has 64 heavy (non-hydrogen) atoms. The van der Waals surface area contributed by atoms with Crippen LogP contribution >= 0.6 is 12.0 Å². The van der Waals surface area contributed by atoms with Crippen LogP contribution in [-0.4, -0.2) is 58.8 Å². The van der Waals surface area contributed by atoms with Crippen LogP contribution in [0.25, 0.3) is 90.9 Å². The van der Waals surface area contributed by atoms with E-state index in [0.29, 0.717) is 106 Å². The summed E-state index contributed by atoms with van der Waals surface area (Å²) in [5, 5.41) is 14.0. The molecule has 0 unspecified atom stereocenters. The molecule has 2 aliphatic heterocycles. The van der Waals surface area contributed by atoms with Crippen molar-refractivity contribution in [2.75, 3.05) is 0 Å². The molecule has 9 rings (SSSR count). The van der Waals surface area contributed by atoms with Crippen LogP contribution in [0.15, 0.2) is 141 Å². The number of hydrogen-bond acceptors (Lipinski definition) is 15. The van der Waals surface area contributed by atoms with Gasteiger partial charge in [-0.15, -0.1) is 0 Å². The first-order valence-electron chi connectivity index (χ1n) is 18.6. The number of fused-ring (bicyclic) bond motifs is 8. The van der Waals surface area contributed by atoms with Crippen LogP contribution in [0, 0.1) is 0 Å². The molecule has 4 aromatic carbocycles. The third-order valence-electron chi connectivity index (χ3n) is 10.3. The van der Waals surface area contributed by atoms with E-state index in [1.54, 1.807) is 66.8 Å². The Kier molecular flexibility index (Phi) is 11.0. The average molecular weight is 931 g/mol. The maximum Gasteiger partial charge on any atom is 0.124 e. The highest BCUT2D eigenvalue weighted by atomic mass is 32.2. The highest BCUT2D eigenvalue weighted by Gasteiger charge is 2.20. The molecule has 0 aliphatic carbocycles. The number of H-pyrrole nitrogens is 2. The number of rotatable bonds is 10. The second-order valence-electron chi connectivity index (χ2n) is 14.2. The van der Waals surface area contributed by atoms with Crippen molar-refractivity contribution in [3.8, 4) is 44.5 Å². The summed E-state index contributed by atoms with van der Waals surface area (Å²) in [5.41, 5.74) is 8.05. The average Bonchev–Trinajstić information content (AvgIpc) is 4.11. The van der Waals surface area contributed by atoms with Crippen LogP contribution in [0.1, 0.15) is 22.8 Å². The molecule has 0 saturated carbocycles. The highest BCUT2D eigenvalue weighted by Crippen LogP contribution is 2.39. The van der Waals surface area contributed by atoms with E-state index in [1.807, 2.05) is 6.07 Å². The lowest BCUT2D eigenvalue weighted by Crippen LogP contribution is -2.00. The highest BCUT2D eigenvalue weighted by molar-refractivity contribution is 7.94. The van der Waals surface area contributed by atoms with Gasteiger partial charge in [0.25, 0.3) is 0 Å². The Morgan fingerprint density at radius 2 is 0.672 bits per heavy atom. The first kappa shape index (κ1) is 42.7. The number of benzene rings is 4. The van der Waals surface area contributed by atoms with Crippen LogP contribution in [0.3, 0.4) is 0 Å². The van der Waals surface area contributed by atoms with E-state index in [2.05, 4.69) is 19.3 Å². The summed E-state index contributed by atoms with van der Waals surface area (Å²) in [6, 6.07) is 30.3. The summed E-state index contributed by atoms with van der Waals surface area (Å²) in [6.07, 6.45) is 7.04. The maximum atomic E-state index is 11.9. The van der Waals surface area contributed by atoms with Crippen LogP contribution in [0.2, 0.25) is 0 Å². The van der Waals surface area contributed by atoms with Gasteiger partial charge in [0.1, 0.15) is 30.4 Å². The summed E-state index contributed by atoms with van der Waals surface area (Å²) in [7, 11) is -14.3. The van der Waals surface area contributed by atoms with Crippen LogP contribution < -0.4 is 5.26 Å². The zero-order valence-electron chi connectivity index (χ0n) is 32.3. The molecular weight excluding hydrogens is 905 g/mol. The number of hydrogen-bond donors (Lipinski definition) is 2. The summed E-state index contributed by atoms with van der Waals surface area (Å²) < 4.78 is 112. The molecule has 7 aromatic rings. The van der Waals surface area contributed by atoms with Gasteiger partial charge in [-0.05, 0) is 119 Å². The minimum absolute atomic E-state index is 0.396. The minimum atomic E-state index is -4.79. The number of nitrogens with zero attached hydrogens (tertiary/aromatic N) is 2. The molecule has 0 saturated heterocycles. The molecule has 322 valence electrons. The Bertz CT molecular complexity index is 3520. The van der Waals surface area contributed by atoms with Crippen molar-refractivity contribution in [2.45, 2.75) is 19.6 Å². The van der Waals surface area contributed by atoms with Gasteiger partial charge in [0, 0.05) is 49.2 Å². The normalized spacial score (nSPS) is 12.8. The maximum absolute atomic E-state index is 11.9. The van der Waals surface area contributed by atoms with Gasteiger partial charge in [0.2, 0.25) is 0 Å². The second-order valence-corrected chi connectivity index (χ2v) is 19.1. The lowest BCUT2D eigenvalue weighted by atomic mass is 10.0. The van der Waals surface area contributed by atoms with Gasteiger partial charge < -0.3 is 28.9 Å². The predicted molar refractivity (Wildman–Crippen MR) is 233 cm³/mol. The Hall–Kier alpha value is -6.56. The predicted octanol–water partition coefficient (Wildman–Crippen LogP) is 7.27. The van der Waals surface area contributed by atoms with Gasteiger partial charge in [-0.25, -0.2) is 35.2 Å². The molecule has 5 heterocycles. The zero-order chi connectivity index (χ0) is 45.0. The van der Waals surface area contributed by atoms with Crippen molar-refractivity contribution in [1.82, 2.24) is 19.9 Å². The third kappa shape index (κ3) is 8.45. The molecule has 2 aliphatic rings. The van der Waals surface area contributed by atoms with E-state index in [4.69, 9.17) is 9.97 Å². The lowest BCUT2D eigenvalue weighted by molar-refractivity contribution is -0.777. The van der Waals surface area contributed by atoms with Crippen molar-refractivity contribution in [3.63, 3.8) is 0 Å². The molecule has 20 heteroatoms. The lowest BCUT2D eigenvalue weighted by Gasteiger charge is -2.10. The van der Waals surface area contributed by atoms with Crippen molar-refractivity contribution < 1.29 is 53.5 Å². The van der Waals surface area contributed by atoms with E-state index >= 15 is 0 Å². The van der Waals surface area contributed by atoms with Gasteiger partial charge in [0.15, 0.2) is 0 Å². The molecule has 0 radical (unpaired) electrons. The van der Waals surface area contributed by atoms with Crippen molar-refractivity contribution in [3.05, 3.63) is 144 Å². The Morgan fingerprint density at radius 3 is 0.922 bits per heavy atom. The fourth-order valence-corrected chi connectivity index (χ4v) is 9.28. The molecule has 0 spiro atoms. The summed E-state index contributed by atoms with van der Waals surface area (Å²) in [6.45, 7) is 0. The van der Waals surface area contributed by atoms with Crippen LogP contribution in [-0.2, 0) is 39.7 Å². The number of aromatic nitrogens is 4. The standard InChI is InChI=1S/C44H30N4O12S4/c49-59-60-61-29-9-1-25(2-10-29)41-33-17-19-35(45-33)42(26-3-11-30(12-4-26)62(50,51)52)37-21-23-39(47-37)44(28-7-15-32(16-8-28)64(56,57)58)40-24-22-38(48-40)43(36-20-18-34(41)46-36)27-5-13-31(14-6-27)63(53,54)55/h1-24,45,48-49H,(H,50,51,52)(H,53,54,55)(H,56,57,58)/p-4. The van der Waals surface area contributed by atoms with E-state index in [-0.39, 0.29) is 0 Å². The van der Waals surface area contributed by atoms with Crippen molar-refractivity contribution in [1.29, 1.82) is 0 Å². The third-order valence-corrected chi connectivity index (χ3v) is 13.5. The van der Waals surface area contributed by atoms with Gasteiger partial charge in [-0.1, -0.05) is 48.5 Å². The first-order valence-corrected chi connectivity index (χ1v) is 23.6. The zero-order valence-corrected chi connectivity index (χ0v) is 35.5. The van der Waals surface area contributed by atoms with Gasteiger partial charge in [-0.2, -0.15) is 4.33 Å². The van der Waals surface area contributed by atoms with Gasteiger partial charge in [0.05, 0.1) is 49.5 Å². The van der Waals surface area contributed by atoms with Crippen molar-refractivity contribution >= 4 is 88.8 Å². The molecule has 16 nitrogen and oxygen atoms in total. The van der Waals surface area contributed by atoms with Crippen LogP contribution in [0.5, 0.6) is 0 Å². The Balaban J connectivity index is 1.42. The molecule has 2 N–H and O–H groups in total. The molecule has 8 bridgehead atoms. The SMILES string of the molecule is O=S(=O)([O-])c1ccc(-c2c3nc(c(-c4ccc(S(=O)(=O)[O-])cc4)c4ccc([nH]4)c(-c4ccc(S(=O)(=O)[O-])cc4)c4nc(c(-c5ccc(SOO[O-])cc5)c5ccc2[nH]5)C=C4)C=C3)cc1. The van der Waals surface area contributed by atoms with Gasteiger partial charge in [-0.3, -0.25) is 5.04 Å². The Morgan fingerprint density at radius 1 is 0.406 bits per heavy atom. The first-order chi connectivity index (χ1) is 30.5. The largest absolute Gasteiger partial charge is 0.744 e. The fourth-order valence-electron chi connectivity index (χ4n) is 7.52. The second kappa shape index (κ2) is 16.5. The van der Waals surface area contributed by atoms with E-state index < -0.39 is 45.0 Å². The molecular formula is C44H26N4O12S4-4. The monoisotopic (exact) mass is 930 g/mol. The quantitative estimate of drug-likeness (QED) is 0.0591. The molecule has 0 amide bonds. The summed E-state index contributed by atoms with van der Waals surface area (Å²) in [5.74, 6) is 0. The van der Waals surface area contributed by atoms with E-state index in [1.165, 1.54) is 72.8 Å². The number of nitrogens with one attached hydrogen (secondary N) is 2. The topological polar surface area (TPSA) is 270 Å². The Labute approximate surface area is 368 Å². The van der Waals surface area contributed by atoms with Gasteiger partial charge >= 0.3 is 0 Å². The van der Waals surface area contributed by atoms with E-state index in [9.17, 15) is 44.2 Å². The van der Waals surface area contributed by atoms with Crippen LogP contribution in [0.4, 0.5) is 0 Å². The smallest absolute Gasteiger partial charge is 0.124 e. The van der Waals surface area contributed by atoms with Crippen molar-refractivity contribution in [2.24, 2.45) is 0 Å². The number of aromatic amines is 2. The molecule has 0 atom stereocenters. The molecule has 0 fully saturated rings. The van der Waals surface area contributed by atoms with E-state index in [0.717, 1.165) is 0 Å². The summed E-state index contributed by atoms with van der Waals surface area (Å²) in [4.78, 5) is 16.4. The molecule has 3 aromatic heterocycles. The fraction of sp³-hybridized carbons (Fsp3) is 0. The minimum Gasteiger partial charge on any atom is -0.744 e. The summed E-state index contributed by atoms with van der Waals surface area (Å²) >= 11 is 0.714.